The predicted octanol–water partition coefficient (Wildman–Crippen LogP) is 1.82. The van der Waals surface area contributed by atoms with E-state index in [1.165, 1.54) is 25.2 Å². The fourth-order valence-electron chi connectivity index (χ4n) is 1.18. The SMILES string of the molecule is CN[C@H](C(=O)O)c1c(F)cccc1Cl. The molecule has 0 bridgehead atoms. The first kappa shape index (κ1) is 10.9. The number of aliphatic carboxylic acids is 1. The third-order valence-electron chi connectivity index (χ3n) is 1.82. The summed E-state index contributed by atoms with van der Waals surface area (Å²) in [4.78, 5) is 10.7. The fourth-order valence-corrected chi connectivity index (χ4v) is 1.45. The minimum Gasteiger partial charge on any atom is -0.480 e. The molecule has 0 spiro atoms. The fraction of sp³-hybridized carbons (Fsp3) is 0.222. The number of hydrogen-bond donors (Lipinski definition) is 2. The molecule has 0 amide bonds. The highest BCUT2D eigenvalue weighted by Gasteiger charge is 2.23. The monoisotopic (exact) mass is 217 g/mol. The first-order valence-corrected chi connectivity index (χ1v) is 4.29. The molecule has 1 rings (SSSR count). The lowest BCUT2D eigenvalue weighted by Gasteiger charge is -2.13. The van der Waals surface area contributed by atoms with Gasteiger partial charge < -0.3 is 10.4 Å². The van der Waals surface area contributed by atoms with E-state index in [9.17, 15) is 9.18 Å². The number of carbonyl (C=O) groups is 1. The number of hydrogen-bond acceptors (Lipinski definition) is 2. The molecule has 1 atom stereocenters. The van der Waals surface area contributed by atoms with Gasteiger partial charge in [-0.25, -0.2) is 4.39 Å². The summed E-state index contributed by atoms with van der Waals surface area (Å²) in [6.07, 6.45) is 0. The smallest absolute Gasteiger partial charge is 0.325 e. The molecule has 0 aliphatic carbocycles. The summed E-state index contributed by atoms with van der Waals surface area (Å²) in [5, 5.41) is 11.4. The molecule has 0 fully saturated rings. The van der Waals surface area contributed by atoms with E-state index >= 15 is 0 Å². The molecule has 0 aliphatic rings. The molecule has 1 aromatic carbocycles. The highest BCUT2D eigenvalue weighted by atomic mass is 35.5. The van der Waals surface area contributed by atoms with Crippen LogP contribution in [0.2, 0.25) is 5.02 Å². The van der Waals surface area contributed by atoms with Crippen LogP contribution in [0.1, 0.15) is 11.6 Å². The highest BCUT2D eigenvalue weighted by molar-refractivity contribution is 6.31. The van der Waals surface area contributed by atoms with Crippen LogP contribution in [0.15, 0.2) is 18.2 Å². The first-order chi connectivity index (χ1) is 6.57. The summed E-state index contributed by atoms with van der Waals surface area (Å²) in [6.45, 7) is 0. The zero-order valence-electron chi connectivity index (χ0n) is 7.42. The zero-order valence-corrected chi connectivity index (χ0v) is 8.18. The molecular formula is C9H9ClFNO2. The van der Waals surface area contributed by atoms with Crippen molar-refractivity contribution >= 4 is 17.6 Å². The van der Waals surface area contributed by atoms with Crippen molar-refractivity contribution in [3.8, 4) is 0 Å². The first-order valence-electron chi connectivity index (χ1n) is 3.92. The Balaban J connectivity index is 3.22. The van der Waals surface area contributed by atoms with Gasteiger partial charge in [-0.3, -0.25) is 4.79 Å². The van der Waals surface area contributed by atoms with Gasteiger partial charge in [0.1, 0.15) is 11.9 Å². The van der Waals surface area contributed by atoms with Crippen molar-refractivity contribution in [2.45, 2.75) is 6.04 Å². The van der Waals surface area contributed by atoms with Gasteiger partial charge >= 0.3 is 5.97 Å². The Morgan fingerprint density at radius 1 is 1.64 bits per heavy atom. The number of likely N-dealkylation sites (N-methyl/N-ethyl adjacent to an activating group) is 1. The Hall–Kier alpha value is -1.13. The molecule has 5 heteroatoms. The van der Waals surface area contributed by atoms with E-state index in [4.69, 9.17) is 16.7 Å². The number of carboxylic acid groups (broad SMARTS) is 1. The summed E-state index contributed by atoms with van der Waals surface area (Å²) in [5.74, 6) is -1.79. The van der Waals surface area contributed by atoms with Gasteiger partial charge in [-0.2, -0.15) is 0 Å². The summed E-state index contributed by atoms with van der Waals surface area (Å²) < 4.78 is 13.3. The maximum Gasteiger partial charge on any atom is 0.325 e. The lowest BCUT2D eigenvalue weighted by Crippen LogP contribution is -2.26. The molecule has 0 aliphatic heterocycles. The Bertz CT molecular complexity index is 336. The van der Waals surface area contributed by atoms with E-state index < -0.39 is 17.8 Å². The molecule has 3 nitrogen and oxygen atoms in total. The molecule has 1 aromatic rings. The summed E-state index contributed by atoms with van der Waals surface area (Å²) in [7, 11) is 1.43. The van der Waals surface area contributed by atoms with Gasteiger partial charge in [0.15, 0.2) is 0 Å². The minimum absolute atomic E-state index is 0.0378. The summed E-state index contributed by atoms with van der Waals surface area (Å²) in [5.41, 5.74) is -0.0378. The van der Waals surface area contributed by atoms with Crippen LogP contribution in [0.4, 0.5) is 4.39 Å². The number of halogens is 2. The maximum absolute atomic E-state index is 13.3. The van der Waals surface area contributed by atoms with Crippen molar-refractivity contribution in [1.29, 1.82) is 0 Å². The van der Waals surface area contributed by atoms with Crippen LogP contribution >= 0.6 is 11.6 Å². The van der Waals surface area contributed by atoms with Crippen molar-refractivity contribution in [2.75, 3.05) is 7.05 Å². The third kappa shape index (κ3) is 2.02. The molecule has 76 valence electrons. The van der Waals surface area contributed by atoms with Crippen molar-refractivity contribution in [2.24, 2.45) is 0 Å². The Morgan fingerprint density at radius 2 is 2.29 bits per heavy atom. The largest absolute Gasteiger partial charge is 0.480 e. The molecular weight excluding hydrogens is 209 g/mol. The normalized spacial score (nSPS) is 12.5. The molecule has 0 saturated carbocycles. The summed E-state index contributed by atoms with van der Waals surface area (Å²) >= 11 is 5.70. The van der Waals surface area contributed by atoms with Crippen LogP contribution in [0.3, 0.4) is 0 Å². The standard InChI is InChI=1S/C9H9ClFNO2/c1-12-8(9(13)14)7-5(10)3-2-4-6(7)11/h2-4,8,12H,1H3,(H,13,14)/t8-/m0/s1. The van der Waals surface area contributed by atoms with E-state index in [-0.39, 0.29) is 10.6 Å². The van der Waals surface area contributed by atoms with Gasteiger partial charge in [-0.05, 0) is 19.2 Å². The topological polar surface area (TPSA) is 49.3 Å². The van der Waals surface area contributed by atoms with Crippen molar-refractivity contribution in [1.82, 2.24) is 5.32 Å². The van der Waals surface area contributed by atoms with Gasteiger partial charge in [0.05, 0.1) is 0 Å². The second-order valence-electron chi connectivity index (χ2n) is 2.70. The average molecular weight is 218 g/mol. The maximum atomic E-state index is 13.3. The Labute approximate surface area is 85.5 Å². The average Bonchev–Trinajstić information content (AvgIpc) is 2.10. The summed E-state index contributed by atoms with van der Waals surface area (Å²) in [6, 6.07) is 2.93. The number of nitrogens with one attached hydrogen (secondary N) is 1. The van der Waals surface area contributed by atoms with Crippen molar-refractivity contribution in [3.05, 3.63) is 34.6 Å². The van der Waals surface area contributed by atoms with Crippen molar-refractivity contribution in [3.63, 3.8) is 0 Å². The second kappa shape index (κ2) is 4.39. The molecule has 0 saturated heterocycles. The quantitative estimate of drug-likeness (QED) is 0.812. The van der Waals surface area contributed by atoms with Gasteiger partial charge in [0.25, 0.3) is 0 Å². The zero-order chi connectivity index (χ0) is 10.7. The van der Waals surface area contributed by atoms with Gasteiger partial charge in [-0.15, -0.1) is 0 Å². The van der Waals surface area contributed by atoms with E-state index in [0.717, 1.165) is 0 Å². The molecule has 14 heavy (non-hydrogen) atoms. The molecule has 0 radical (unpaired) electrons. The second-order valence-corrected chi connectivity index (χ2v) is 3.10. The lowest BCUT2D eigenvalue weighted by atomic mass is 10.1. The van der Waals surface area contributed by atoms with Crippen LogP contribution in [0, 0.1) is 5.82 Å². The molecule has 0 unspecified atom stereocenters. The Kier molecular flexibility index (Phi) is 3.43. The van der Waals surface area contributed by atoms with Gasteiger partial charge in [0.2, 0.25) is 0 Å². The number of benzene rings is 1. The Morgan fingerprint density at radius 3 is 2.71 bits per heavy atom. The van der Waals surface area contributed by atoms with Crippen LogP contribution in [-0.4, -0.2) is 18.1 Å². The van der Waals surface area contributed by atoms with Crippen LogP contribution in [0.25, 0.3) is 0 Å². The van der Waals surface area contributed by atoms with E-state index in [1.807, 2.05) is 0 Å². The van der Waals surface area contributed by atoms with E-state index in [2.05, 4.69) is 5.32 Å². The molecule has 2 N–H and O–H groups in total. The van der Waals surface area contributed by atoms with Gasteiger partial charge in [-0.1, -0.05) is 17.7 Å². The minimum atomic E-state index is -1.17. The van der Waals surface area contributed by atoms with Crippen LogP contribution in [0.5, 0.6) is 0 Å². The number of carboxylic acids is 1. The van der Waals surface area contributed by atoms with Crippen molar-refractivity contribution < 1.29 is 14.3 Å². The third-order valence-corrected chi connectivity index (χ3v) is 2.15. The lowest BCUT2D eigenvalue weighted by molar-refractivity contribution is -0.139. The molecule has 0 aromatic heterocycles. The highest BCUT2D eigenvalue weighted by Crippen LogP contribution is 2.25. The van der Waals surface area contributed by atoms with Gasteiger partial charge in [0, 0.05) is 10.6 Å². The molecule has 0 heterocycles. The van der Waals surface area contributed by atoms with Crippen LogP contribution < -0.4 is 5.32 Å². The predicted molar refractivity (Wildman–Crippen MR) is 50.8 cm³/mol. The number of rotatable bonds is 3. The van der Waals surface area contributed by atoms with Crippen LogP contribution in [-0.2, 0) is 4.79 Å². The van der Waals surface area contributed by atoms with E-state index in [0.29, 0.717) is 0 Å². The van der Waals surface area contributed by atoms with E-state index in [1.54, 1.807) is 0 Å².